The van der Waals surface area contributed by atoms with Crippen molar-refractivity contribution in [3.8, 4) is 0 Å². The van der Waals surface area contributed by atoms with Crippen molar-refractivity contribution in [2.24, 2.45) is 0 Å². The molecule has 2 aliphatic heterocycles. The third-order valence-corrected chi connectivity index (χ3v) is 6.72. The number of fused-ring (bicyclic) bond motifs is 1. The highest BCUT2D eigenvalue weighted by Crippen LogP contribution is 2.27. The van der Waals surface area contributed by atoms with Crippen molar-refractivity contribution in [2.45, 2.75) is 57.4 Å². The molecule has 2 fully saturated rings. The quantitative estimate of drug-likeness (QED) is 0.707. The van der Waals surface area contributed by atoms with Gasteiger partial charge in [0, 0.05) is 57.2 Å². The molecule has 0 unspecified atom stereocenters. The fraction of sp³-hybridized carbons (Fsp3) is 0.652. The van der Waals surface area contributed by atoms with Crippen molar-refractivity contribution in [1.82, 2.24) is 9.80 Å². The highest BCUT2D eigenvalue weighted by Gasteiger charge is 2.27. The zero-order chi connectivity index (χ0) is 19.3. The number of para-hydroxylation sites is 1. The number of unbranched alkanes of at least 4 members (excludes halogenated alkanes) is 1. The number of benzene rings is 1. The first-order chi connectivity index (χ1) is 13.7. The Kier molecular flexibility index (Phi) is 6.43. The molecule has 1 aliphatic carbocycles. The van der Waals surface area contributed by atoms with Crippen LogP contribution >= 0.6 is 0 Å². The fourth-order valence-electron chi connectivity index (χ4n) is 5.04. The van der Waals surface area contributed by atoms with Crippen molar-refractivity contribution in [3.63, 3.8) is 0 Å². The van der Waals surface area contributed by atoms with Crippen LogP contribution in [0.25, 0.3) is 0 Å². The lowest BCUT2D eigenvalue weighted by Crippen LogP contribution is -2.49. The molecule has 152 valence electrons. The molecular weight excluding hydrogens is 350 g/mol. The summed E-state index contributed by atoms with van der Waals surface area (Å²) in [4.78, 5) is 31.9. The van der Waals surface area contributed by atoms with Gasteiger partial charge in [0.05, 0.1) is 5.69 Å². The zero-order valence-corrected chi connectivity index (χ0v) is 16.9. The third-order valence-electron chi connectivity index (χ3n) is 6.72. The van der Waals surface area contributed by atoms with Gasteiger partial charge < -0.3 is 9.80 Å². The molecule has 0 aromatic heterocycles. The molecule has 2 heterocycles. The summed E-state index contributed by atoms with van der Waals surface area (Å²) in [5, 5.41) is 0. The van der Waals surface area contributed by atoms with Gasteiger partial charge in [-0.3, -0.25) is 14.5 Å². The molecule has 3 aliphatic rings. The summed E-state index contributed by atoms with van der Waals surface area (Å²) in [6, 6.07) is 8.42. The van der Waals surface area contributed by atoms with Crippen molar-refractivity contribution in [3.05, 3.63) is 29.8 Å². The lowest BCUT2D eigenvalue weighted by Gasteiger charge is -2.38. The van der Waals surface area contributed by atoms with Gasteiger partial charge in [-0.25, -0.2) is 0 Å². The smallest absolute Gasteiger partial charge is 0.227 e. The van der Waals surface area contributed by atoms with Gasteiger partial charge in [-0.2, -0.15) is 0 Å². The van der Waals surface area contributed by atoms with Crippen molar-refractivity contribution < 1.29 is 9.59 Å². The number of ketones is 1. The van der Waals surface area contributed by atoms with Crippen LogP contribution in [0.15, 0.2) is 24.3 Å². The number of carbonyl (C=O) groups excluding carboxylic acids is 2. The molecule has 0 bridgehead atoms. The molecule has 28 heavy (non-hydrogen) atoms. The van der Waals surface area contributed by atoms with E-state index < -0.39 is 0 Å². The molecule has 1 aromatic carbocycles. The van der Waals surface area contributed by atoms with E-state index in [0.717, 1.165) is 31.1 Å². The minimum absolute atomic E-state index is 0.0866. The van der Waals surface area contributed by atoms with E-state index in [4.69, 9.17) is 0 Å². The Balaban J connectivity index is 1.23. The van der Waals surface area contributed by atoms with Crippen LogP contribution in [-0.4, -0.2) is 66.8 Å². The predicted octanol–water partition coefficient (Wildman–Crippen LogP) is 3.34. The second-order valence-corrected chi connectivity index (χ2v) is 8.51. The number of anilines is 1. The summed E-state index contributed by atoms with van der Waals surface area (Å²) in [5.74, 6) is 0.176. The highest BCUT2D eigenvalue weighted by molar-refractivity contribution is 6.09. The number of hydrogen-bond acceptors (Lipinski definition) is 4. The van der Waals surface area contributed by atoms with Gasteiger partial charge in [0.2, 0.25) is 5.91 Å². The van der Waals surface area contributed by atoms with Gasteiger partial charge >= 0.3 is 0 Å². The Morgan fingerprint density at radius 3 is 2.36 bits per heavy atom. The minimum Gasteiger partial charge on any atom is -0.312 e. The molecule has 5 heteroatoms. The highest BCUT2D eigenvalue weighted by atomic mass is 16.2. The lowest BCUT2D eigenvalue weighted by atomic mass is 10.1. The van der Waals surface area contributed by atoms with Crippen LogP contribution in [-0.2, 0) is 4.79 Å². The first-order valence-electron chi connectivity index (χ1n) is 11.1. The Hall–Kier alpha value is -1.72. The van der Waals surface area contributed by atoms with Gasteiger partial charge in [-0.1, -0.05) is 25.0 Å². The molecule has 0 spiro atoms. The van der Waals surface area contributed by atoms with Crippen molar-refractivity contribution in [1.29, 1.82) is 0 Å². The number of amides is 1. The van der Waals surface area contributed by atoms with E-state index in [-0.39, 0.29) is 11.7 Å². The standard InChI is InChI=1S/C23H33N3O2/c27-22-11-12-23(28)26(21-10-4-3-9-20(21)22)14-6-5-13-24-15-17-25(18-16-24)19-7-1-2-8-19/h3-4,9-10,19H,1-2,5-8,11-18H2. The summed E-state index contributed by atoms with van der Waals surface area (Å²) in [7, 11) is 0. The molecule has 0 atom stereocenters. The van der Waals surface area contributed by atoms with Crippen LogP contribution in [0.2, 0.25) is 0 Å². The predicted molar refractivity (Wildman–Crippen MR) is 112 cm³/mol. The number of carbonyl (C=O) groups is 2. The molecule has 1 saturated heterocycles. The first-order valence-corrected chi connectivity index (χ1v) is 11.1. The van der Waals surface area contributed by atoms with Gasteiger partial charge in [0.15, 0.2) is 5.78 Å². The maximum Gasteiger partial charge on any atom is 0.227 e. The van der Waals surface area contributed by atoms with E-state index in [1.165, 1.54) is 51.9 Å². The van der Waals surface area contributed by atoms with Gasteiger partial charge in [-0.05, 0) is 44.4 Å². The third kappa shape index (κ3) is 4.47. The Morgan fingerprint density at radius 2 is 1.57 bits per heavy atom. The molecule has 1 saturated carbocycles. The number of hydrogen-bond donors (Lipinski definition) is 0. The minimum atomic E-state index is 0.0866. The molecular formula is C23H33N3O2. The monoisotopic (exact) mass is 383 g/mol. The summed E-state index contributed by atoms with van der Waals surface area (Å²) in [5.41, 5.74) is 1.51. The largest absolute Gasteiger partial charge is 0.312 e. The Morgan fingerprint density at radius 1 is 0.857 bits per heavy atom. The van der Waals surface area contributed by atoms with E-state index in [0.29, 0.717) is 24.9 Å². The van der Waals surface area contributed by atoms with E-state index >= 15 is 0 Å². The zero-order valence-electron chi connectivity index (χ0n) is 16.9. The van der Waals surface area contributed by atoms with Crippen molar-refractivity contribution >= 4 is 17.4 Å². The number of rotatable bonds is 6. The van der Waals surface area contributed by atoms with Crippen molar-refractivity contribution in [2.75, 3.05) is 44.2 Å². The van der Waals surface area contributed by atoms with Gasteiger partial charge in [0.25, 0.3) is 0 Å². The van der Waals surface area contributed by atoms with Gasteiger partial charge in [0.1, 0.15) is 0 Å². The summed E-state index contributed by atoms with van der Waals surface area (Å²) in [6.07, 6.45) is 8.36. The van der Waals surface area contributed by atoms with E-state index in [1.807, 2.05) is 29.2 Å². The lowest BCUT2D eigenvalue weighted by molar-refractivity contribution is -0.118. The maximum atomic E-state index is 12.5. The summed E-state index contributed by atoms with van der Waals surface area (Å²) in [6.45, 7) is 6.61. The molecule has 4 rings (SSSR count). The Bertz CT molecular complexity index is 691. The first kappa shape index (κ1) is 19.6. The average Bonchev–Trinajstić information content (AvgIpc) is 3.23. The molecule has 1 aromatic rings. The average molecular weight is 384 g/mol. The van der Waals surface area contributed by atoms with Gasteiger partial charge in [-0.15, -0.1) is 0 Å². The Labute approximate surface area is 168 Å². The van der Waals surface area contributed by atoms with Crippen LogP contribution in [0.5, 0.6) is 0 Å². The van der Waals surface area contributed by atoms with E-state index in [9.17, 15) is 9.59 Å². The second-order valence-electron chi connectivity index (χ2n) is 8.51. The van der Waals surface area contributed by atoms with Crippen LogP contribution in [0.1, 0.15) is 61.7 Å². The topological polar surface area (TPSA) is 43.9 Å². The van der Waals surface area contributed by atoms with Crippen LogP contribution in [0.4, 0.5) is 5.69 Å². The number of piperazine rings is 1. The van der Waals surface area contributed by atoms with E-state index in [1.54, 1.807) is 0 Å². The summed E-state index contributed by atoms with van der Waals surface area (Å²) >= 11 is 0. The number of Topliss-reactive ketones (excluding diaryl/α,β-unsaturated/α-hetero) is 1. The molecule has 0 N–H and O–H groups in total. The molecule has 0 radical (unpaired) electrons. The van der Waals surface area contributed by atoms with Crippen LogP contribution in [0, 0.1) is 0 Å². The van der Waals surface area contributed by atoms with Crippen LogP contribution in [0.3, 0.4) is 0 Å². The van der Waals surface area contributed by atoms with E-state index in [2.05, 4.69) is 9.80 Å². The normalized spacial score (nSPS) is 22.5. The number of nitrogens with zero attached hydrogens (tertiary/aromatic N) is 3. The SMILES string of the molecule is O=C1CCC(=O)N(CCCCN2CCN(C3CCCC3)CC2)c2ccccc21. The molecule has 5 nitrogen and oxygen atoms in total. The maximum absolute atomic E-state index is 12.5. The fourth-order valence-corrected chi connectivity index (χ4v) is 5.04. The molecule has 1 amide bonds. The van der Waals surface area contributed by atoms with Crippen LogP contribution < -0.4 is 4.90 Å². The second kappa shape index (κ2) is 9.19. The summed E-state index contributed by atoms with van der Waals surface area (Å²) < 4.78 is 0.